The highest BCUT2D eigenvalue weighted by molar-refractivity contribution is 6.00. The molecule has 34 heavy (non-hydrogen) atoms. The highest BCUT2D eigenvalue weighted by Crippen LogP contribution is 2.31. The van der Waals surface area contributed by atoms with Crippen LogP contribution in [0.15, 0.2) is 47.0 Å². The number of hydrogen-bond acceptors (Lipinski definition) is 5. The van der Waals surface area contributed by atoms with Crippen molar-refractivity contribution in [3.8, 4) is 11.5 Å². The summed E-state index contributed by atoms with van der Waals surface area (Å²) in [6.45, 7) is 7.88. The first-order valence-corrected chi connectivity index (χ1v) is 12.0. The van der Waals surface area contributed by atoms with Crippen LogP contribution in [0, 0.1) is 26.7 Å². The van der Waals surface area contributed by atoms with Crippen molar-refractivity contribution < 1.29 is 14.1 Å². The Hall–Kier alpha value is -3.48. The lowest BCUT2D eigenvalue weighted by Gasteiger charge is -2.32. The summed E-state index contributed by atoms with van der Waals surface area (Å²) in [5.41, 5.74) is 5.31. The first-order valence-electron chi connectivity index (χ1n) is 12.0. The third kappa shape index (κ3) is 4.34. The number of aromatic nitrogens is 2. The van der Waals surface area contributed by atoms with Gasteiger partial charge in [-0.15, -0.1) is 0 Å². The summed E-state index contributed by atoms with van der Waals surface area (Å²) in [6, 6.07) is 14.0. The van der Waals surface area contributed by atoms with Gasteiger partial charge in [-0.2, -0.15) is 4.98 Å². The van der Waals surface area contributed by atoms with Gasteiger partial charge in [-0.3, -0.25) is 9.59 Å². The first kappa shape index (κ1) is 22.3. The molecule has 176 valence electrons. The molecule has 1 atom stereocenters. The fourth-order valence-corrected chi connectivity index (χ4v) is 4.85. The molecular formula is C27H30N4O3. The number of benzene rings is 2. The van der Waals surface area contributed by atoms with Gasteiger partial charge in [0.2, 0.25) is 11.8 Å². The predicted octanol–water partition coefficient (Wildman–Crippen LogP) is 4.42. The van der Waals surface area contributed by atoms with Gasteiger partial charge < -0.3 is 14.3 Å². The van der Waals surface area contributed by atoms with Crippen molar-refractivity contribution in [2.75, 3.05) is 24.5 Å². The SMILES string of the molecule is Cc1ccc(-c2nc(C3CCN(C(=O)[C@H]4CC(=O)N(c5ccc(C)c(C)c5)C4)CC3)no2)cc1. The van der Waals surface area contributed by atoms with Crippen molar-refractivity contribution in [2.45, 2.75) is 46.0 Å². The Morgan fingerprint density at radius 2 is 1.74 bits per heavy atom. The van der Waals surface area contributed by atoms with Crippen LogP contribution < -0.4 is 4.90 Å². The van der Waals surface area contributed by atoms with Crippen molar-refractivity contribution in [3.63, 3.8) is 0 Å². The van der Waals surface area contributed by atoms with E-state index < -0.39 is 0 Å². The van der Waals surface area contributed by atoms with Crippen LogP contribution >= 0.6 is 0 Å². The van der Waals surface area contributed by atoms with E-state index in [9.17, 15) is 9.59 Å². The molecule has 0 radical (unpaired) electrons. The fraction of sp³-hybridized carbons (Fsp3) is 0.407. The Kier molecular flexibility index (Phi) is 5.94. The molecule has 2 amide bonds. The number of amides is 2. The zero-order chi connectivity index (χ0) is 23.8. The van der Waals surface area contributed by atoms with E-state index in [1.54, 1.807) is 4.90 Å². The van der Waals surface area contributed by atoms with Gasteiger partial charge in [-0.1, -0.05) is 28.9 Å². The van der Waals surface area contributed by atoms with Gasteiger partial charge in [0.05, 0.1) is 5.92 Å². The molecule has 1 aromatic heterocycles. The molecule has 7 heteroatoms. The number of piperidine rings is 1. The van der Waals surface area contributed by atoms with E-state index in [0.717, 1.165) is 29.7 Å². The van der Waals surface area contributed by atoms with Gasteiger partial charge in [0, 0.05) is 43.2 Å². The Bertz CT molecular complexity index is 1210. The monoisotopic (exact) mass is 458 g/mol. The molecule has 0 aliphatic carbocycles. The second-order valence-electron chi connectivity index (χ2n) is 9.60. The standard InChI is InChI=1S/C27H30N4O3/c1-17-4-7-21(8-5-17)26-28-25(29-34-26)20-10-12-30(13-11-20)27(33)22-15-24(32)31(16-22)23-9-6-18(2)19(3)14-23/h4-9,14,20,22H,10-13,15-16H2,1-3H3/t22-/m0/s1. The van der Waals surface area contributed by atoms with E-state index in [-0.39, 0.29) is 30.1 Å². The molecule has 3 heterocycles. The maximum absolute atomic E-state index is 13.2. The number of rotatable bonds is 4. The van der Waals surface area contributed by atoms with E-state index in [2.05, 4.69) is 17.1 Å². The molecule has 0 spiro atoms. The van der Waals surface area contributed by atoms with Gasteiger partial charge >= 0.3 is 0 Å². The highest BCUT2D eigenvalue weighted by atomic mass is 16.5. The van der Waals surface area contributed by atoms with Crippen LogP contribution in [0.1, 0.15) is 47.7 Å². The quantitative estimate of drug-likeness (QED) is 0.578. The Morgan fingerprint density at radius 3 is 2.44 bits per heavy atom. The molecule has 5 rings (SSSR count). The van der Waals surface area contributed by atoms with Gasteiger partial charge in [-0.05, 0) is 69.0 Å². The minimum atomic E-state index is -0.288. The molecule has 2 saturated heterocycles. The summed E-state index contributed by atoms with van der Waals surface area (Å²) in [4.78, 5) is 34.1. The molecule has 7 nitrogen and oxygen atoms in total. The molecule has 0 saturated carbocycles. The maximum atomic E-state index is 13.2. The molecule has 0 N–H and O–H groups in total. The average Bonchev–Trinajstić information content (AvgIpc) is 3.48. The predicted molar refractivity (Wildman–Crippen MR) is 129 cm³/mol. The Balaban J connectivity index is 1.19. The minimum absolute atomic E-state index is 0.0203. The second kappa shape index (κ2) is 9.05. The van der Waals surface area contributed by atoms with Crippen molar-refractivity contribution in [2.24, 2.45) is 5.92 Å². The van der Waals surface area contributed by atoms with Gasteiger partial charge in [-0.25, -0.2) is 0 Å². The number of carbonyl (C=O) groups is 2. The summed E-state index contributed by atoms with van der Waals surface area (Å²) in [5, 5.41) is 4.21. The van der Waals surface area contributed by atoms with E-state index in [0.29, 0.717) is 31.3 Å². The molecule has 2 aliphatic heterocycles. The maximum Gasteiger partial charge on any atom is 0.257 e. The van der Waals surface area contributed by atoms with E-state index >= 15 is 0 Å². The van der Waals surface area contributed by atoms with Crippen LogP contribution in [0.25, 0.3) is 11.5 Å². The summed E-state index contributed by atoms with van der Waals surface area (Å²) >= 11 is 0. The fourth-order valence-electron chi connectivity index (χ4n) is 4.85. The molecular weight excluding hydrogens is 428 g/mol. The average molecular weight is 459 g/mol. The lowest BCUT2D eigenvalue weighted by molar-refractivity contribution is -0.136. The van der Waals surface area contributed by atoms with Crippen LogP contribution in [0.2, 0.25) is 0 Å². The third-order valence-electron chi connectivity index (χ3n) is 7.19. The summed E-state index contributed by atoms with van der Waals surface area (Å²) in [5.74, 6) is 1.22. The topological polar surface area (TPSA) is 79.5 Å². The molecule has 2 aromatic carbocycles. The van der Waals surface area contributed by atoms with E-state index in [1.807, 2.05) is 61.2 Å². The van der Waals surface area contributed by atoms with Crippen molar-refractivity contribution >= 4 is 17.5 Å². The Morgan fingerprint density at radius 1 is 1.00 bits per heavy atom. The number of hydrogen-bond donors (Lipinski definition) is 0. The smallest absolute Gasteiger partial charge is 0.257 e. The van der Waals surface area contributed by atoms with Gasteiger partial charge in [0.25, 0.3) is 5.89 Å². The van der Waals surface area contributed by atoms with Crippen molar-refractivity contribution in [1.29, 1.82) is 0 Å². The van der Waals surface area contributed by atoms with E-state index in [1.165, 1.54) is 11.1 Å². The highest BCUT2D eigenvalue weighted by Gasteiger charge is 2.38. The van der Waals surface area contributed by atoms with Crippen LogP contribution in [0.4, 0.5) is 5.69 Å². The zero-order valence-corrected chi connectivity index (χ0v) is 20.0. The minimum Gasteiger partial charge on any atom is -0.342 e. The summed E-state index contributed by atoms with van der Waals surface area (Å²) in [7, 11) is 0. The number of aryl methyl sites for hydroxylation is 3. The molecule has 0 bridgehead atoms. The number of anilines is 1. The largest absolute Gasteiger partial charge is 0.342 e. The first-order chi connectivity index (χ1) is 16.4. The normalized spacial score (nSPS) is 19.1. The second-order valence-corrected chi connectivity index (χ2v) is 9.60. The van der Waals surface area contributed by atoms with E-state index in [4.69, 9.17) is 4.52 Å². The van der Waals surface area contributed by atoms with Gasteiger partial charge in [0.15, 0.2) is 5.82 Å². The van der Waals surface area contributed by atoms with Crippen molar-refractivity contribution in [3.05, 3.63) is 65.0 Å². The molecule has 2 fully saturated rings. The number of likely N-dealkylation sites (tertiary alicyclic amines) is 1. The van der Waals surface area contributed by atoms with Crippen molar-refractivity contribution in [1.82, 2.24) is 15.0 Å². The lowest BCUT2D eigenvalue weighted by atomic mass is 9.95. The lowest BCUT2D eigenvalue weighted by Crippen LogP contribution is -2.42. The molecule has 2 aliphatic rings. The molecule has 0 unspecified atom stereocenters. The zero-order valence-electron chi connectivity index (χ0n) is 20.0. The van der Waals surface area contributed by atoms with Gasteiger partial charge in [0.1, 0.15) is 0 Å². The summed E-state index contributed by atoms with van der Waals surface area (Å²) < 4.78 is 5.50. The van der Waals surface area contributed by atoms with Crippen LogP contribution in [-0.2, 0) is 9.59 Å². The summed E-state index contributed by atoms with van der Waals surface area (Å²) in [6.07, 6.45) is 1.86. The number of nitrogens with zero attached hydrogens (tertiary/aromatic N) is 4. The van der Waals surface area contributed by atoms with Crippen LogP contribution in [0.3, 0.4) is 0 Å². The molecule has 3 aromatic rings. The van der Waals surface area contributed by atoms with Crippen LogP contribution in [0.5, 0.6) is 0 Å². The number of carbonyl (C=O) groups excluding carboxylic acids is 2. The Labute approximate surface area is 199 Å². The third-order valence-corrected chi connectivity index (χ3v) is 7.19. The van der Waals surface area contributed by atoms with Crippen LogP contribution in [-0.4, -0.2) is 46.5 Å².